The molecule has 0 amide bonds. The maximum atomic E-state index is 13.5. The molecule has 0 spiro atoms. The lowest BCUT2D eigenvalue weighted by molar-refractivity contribution is 0.390. The maximum Gasteiger partial charge on any atom is 0.241 e. The van der Waals surface area contributed by atoms with Gasteiger partial charge in [0.1, 0.15) is 11.7 Å². The molecular formula is C10H8ClFN2O. The first-order valence-corrected chi connectivity index (χ1v) is 4.89. The molecule has 2 aromatic rings. The number of nitrogens with zero attached hydrogens (tertiary/aromatic N) is 2. The molecule has 0 aliphatic heterocycles. The Labute approximate surface area is 90.9 Å². The maximum absolute atomic E-state index is 13.5. The summed E-state index contributed by atoms with van der Waals surface area (Å²) in [6.45, 7) is 1.81. The van der Waals surface area contributed by atoms with Crippen LogP contribution in [-0.4, -0.2) is 10.1 Å². The van der Waals surface area contributed by atoms with Crippen molar-refractivity contribution in [2.75, 3.05) is 0 Å². The monoisotopic (exact) mass is 226 g/mol. The molecule has 0 fully saturated rings. The standard InChI is InChI=1S/C10H8ClFN2O/c1-6-2-3-7(8(12)4-6)10-13-9(5-11)15-14-10/h2-4H,5H2,1H3. The van der Waals surface area contributed by atoms with Crippen LogP contribution in [0.15, 0.2) is 22.7 Å². The summed E-state index contributed by atoms with van der Waals surface area (Å²) in [5.74, 6) is 0.271. The van der Waals surface area contributed by atoms with Gasteiger partial charge in [0.15, 0.2) is 0 Å². The summed E-state index contributed by atoms with van der Waals surface area (Å²) >= 11 is 5.50. The van der Waals surface area contributed by atoms with Crippen molar-refractivity contribution in [2.45, 2.75) is 12.8 Å². The highest BCUT2D eigenvalue weighted by atomic mass is 35.5. The molecule has 0 bridgehead atoms. The summed E-state index contributed by atoms with van der Waals surface area (Å²) in [7, 11) is 0. The first-order valence-electron chi connectivity index (χ1n) is 4.36. The molecule has 2 rings (SSSR count). The molecule has 0 aliphatic rings. The van der Waals surface area contributed by atoms with Crippen molar-refractivity contribution in [2.24, 2.45) is 0 Å². The highest BCUT2D eigenvalue weighted by Crippen LogP contribution is 2.20. The van der Waals surface area contributed by atoms with Gasteiger partial charge in [0.2, 0.25) is 11.7 Å². The van der Waals surface area contributed by atoms with Crippen LogP contribution in [-0.2, 0) is 5.88 Å². The van der Waals surface area contributed by atoms with Crippen molar-refractivity contribution < 1.29 is 8.91 Å². The third-order valence-corrected chi connectivity index (χ3v) is 2.18. The van der Waals surface area contributed by atoms with Crippen LogP contribution in [0.25, 0.3) is 11.4 Å². The van der Waals surface area contributed by atoms with Gasteiger partial charge < -0.3 is 4.52 Å². The molecule has 15 heavy (non-hydrogen) atoms. The van der Waals surface area contributed by atoms with E-state index in [9.17, 15) is 4.39 Å². The van der Waals surface area contributed by atoms with Gasteiger partial charge in [-0.1, -0.05) is 11.2 Å². The van der Waals surface area contributed by atoms with E-state index in [2.05, 4.69) is 10.1 Å². The van der Waals surface area contributed by atoms with E-state index < -0.39 is 0 Å². The summed E-state index contributed by atoms with van der Waals surface area (Å²) in [4.78, 5) is 3.94. The van der Waals surface area contributed by atoms with Gasteiger partial charge in [0.25, 0.3) is 0 Å². The summed E-state index contributed by atoms with van der Waals surface area (Å²) in [6.07, 6.45) is 0. The molecule has 78 valence electrons. The smallest absolute Gasteiger partial charge is 0.241 e. The third-order valence-electron chi connectivity index (χ3n) is 1.95. The average Bonchev–Trinajstić information content (AvgIpc) is 2.66. The Bertz CT molecular complexity index is 484. The molecule has 0 radical (unpaired) electrons. The van der Waals surface area contributed by atoms with Gasteiger partial charge in [-0.2, -0.15) is 4.98 Å². The highest BCUT2D eigenvalue weighted by molar-refractivity contribution is 6.16. The Hall–Kier alpha value is -1.42. The minimum Gasteiger partial charge on any atom is -0.338 e. The molecule has 3 nitrogen and oxygen atoms in total. The number of rotatable bonds is 2. The average molecular weight is 227 g/mol. The fourth-order valence-corrected chi connectivity index (χ4v) is 1.33. The zero-order chi connectivity index (χ0) is 10.8. The zero-order valence-corrected chi connectivity index (χ0v) is 8.75. The van der Waals surface area contributed by atoms with Crippen LogP contribution < -0.4 is 0 Å². The number of hydrogen-bond acceptors (Lipinski definition) is 3. The molecule has 0 saturated heterocycles. The van der Waals surface area contributed by atoms with Gasteiger partial charge in [-0.3, -0.25) is 0 Å². The predicted molar refractivity (Wildman–Crippen MR) is 54.0 cm³/mol. The zero-order valence-electron chi connectivity index (χ0n) is 8.00. The van der Waals surface area contributed by atoms with E-state index >= 15 is 0 Å². The van der Waals surface area contributed by atoms with Crippen molar-refractivity contribution in [1.82, 2.24) is 10.1 Å². The quantitative estimate of drug-likeness (QED) is 0.739. The lowest BCUT2D eigenvalue weighted by Crippen LogP contribution is -1.87. The number of alkyl halides is 1. The van der Waals surface area contributed by atoms with Crippen molar-refractivity contribution in [3.63, 3.8) is 0 Å². The van der Waals surface area contributed by atoms with Gasteiger partial charge in [-0.15, -0.1) is 11.6 Å². The lowest BCUT2D eigenvalue weighted by Gasteiger charge is -1.97. The Balaban J connectivity index is 2.44. The van der Waals surface area contributed by atoms with Crippen molar-refractivity contribution >= 4 is 11.6 Å². The summed E-state index contributed by atoms with van der Waals surface area (Å²) in [6, 6.07) is 4.83. The Morgan fingerprint density at radius 3 is 2.87 bits per heavy atom. The van der Waals surface area contributed by atoms with Gasteiger partial charge in [0.05, 0.1) is 5.56 Å². The fraction of sp³-hybridized carbons (Fsp3) is 0.200. The van der Waals surface area contributed by atoms with E-state index in [1.807, 2.05) is 6.92 Å². The second-order valence-electron chi connectivity index (χ2n) is 3.13. The Kier molecular flexibility index (Phi) is 2.68. The fourth-order valence-electron chi connectivity index (χ4n) is 1.22. The number of aromatic nitrogens is 2. The van der Waals surface area contributed by atoms with Gasteiger partial charge in [-0.05, 0) is 24.6 Å². The van der Waals surface area contributed by atoms with Gasteiger partial charge in [-0.25, -0.2) is 4.39 Å². The van der Waals surface area contributed by atoms with Crippen LogP contribution in [0, 0.1) is 12.7 Å². The predicted octanol–water partition coefficient (Wildman–Crippen LogP) is 2.92. The van der Waals surface area contributed by atoms with Crippen LogP contribution in [0.5, 0.6) is 0 Å². The van der Waals surface area contributed by atoms with Crippen molar-refractivity contribution in [3.8, 4) is 11.4 Å². The van der Waals surface area contributed by atoms with Crippen LogP contribution in [0.3, 0.4) is 0 Å². The molecular weight excluding hydrogens is 219 g/mol. The summed E-state index contributed by atoms with van der Waals surface area (Å²) < 4.78 is 18.3. The van der Waals surface area contributed by atoms with E-state index in [4.69, 9.17) is 16.1 Å². The van der Waals surface area contributed by atoms with Crippen molar-refractivity contribution in [1.29, 1.82) is 0 Å². The molecule has 0 saturated carbocycles. The minimum absolute atomic E-state index is 0.125. The van der Waals surface area contributed by atoms with Crippen LogP contribution >= 0.6 is 11.6 Å². The van der Waals surface area contributed by atoms with Gasteiger partial charge >= 0.3 is 0 Å². The molecule has 1 aromatic carbocycles. The first kappa shape index (κ1) is 10.1. The molecule has 1 aromatic heterocycles. The second kappa shape index (κ2) is 3.98. The summed E-state index contributed by atoms with van der Waals surface area (Å²) in [5.41, 5.74) is 1.16. The Morgan fingerprint density at radius 1 is 1.47 bits per heavy atom. The first-order chi connectivity index (χ1) is 7.20. The van der Waals surface area contributed by atoms with Crippen molar-refractivity contribution in [3.05, 3.63) is 35.5 Å². The van der Waals surface area contributed by atoms with E-state index in [1.165, 1.54) is 6.07 Å². The van der Waals surface area contributed by atoms with Crippen LogP contribution in [0.1, 0.15) is 11.5 Å². The number of halogens is 2. The number of benzene rings is 1. The third kappa shape index (κ3) is 1.99. The molecule has 0 atom stereocenters. The normalized spacial score (nSPS) is 10.6. The second-order valence-corrected chi connectivity index (χ2v) is 3.40. The van der Waals surface area contributed by atoms with E-state index in [-0.39, 0.29) is 23.4 Å². The molecule has 5 heteroatoms. The van der Waals surface area contributed by atoms with Crippen LogP contribution in [0.2, 0.25) is 0 Å². The highest BCUT2D eigenvalue weighted by Gasteiger charge is 2.11. The molecule has 0 N–H and O–H groups in total. The van der Waals surface area contributed by atoms with E-state index in [1.54, 1.807) is 12.1 Å². The SMILES string of the molecule is Cc1ccc(-c2noc(CCl)n2)c(F)c1. The van der Waals surface area contributed by atoms with E-state index in [0.29, 0.717) is 5.56 Å². The van der Waals surface area contributed by atoms with Crippen LogP contribution in [0.4, 0.5) is 4.39 Å². The minimum atomic E-state index is -0.364. The molecule has 0 unspecified atom stereocenters. The Morgan fingerprint density at radius 2 is 2.27 bits per heavy atom. The molecule has 1 heterocycles. The lowest BCUT2D eigenvalue weighted by atomic mass is 10.1. The van der Waals surface area contributed by atoms with E-state index in [0.717, 1.165) is 5.56 Å². The topological polar surface area (TPSA) is 38.9 Å². The van der Waals surface area contributed by atoms with Gasteiger partial charge in [0, 0.05) is 0 Å². The summed E-state index contributed by atoms with van der Waals surface area (Å²) in [5, 5.41) is 3.64. The molecule has 0 aliphatic carbocycles. The number of aryl methyl sites for hydroxylation is 1. The largest absolute Gasteiger partial charge is 0.338 e. The number of hydrogen-bond donors (Lipinski definition) is 0.